The van der Waals surface area contributed by atoms with Gasteiger partial charge in [-0.3, -0.25) is 9.78 Å². The molecule has 3 rings (SSSR count). The van der Waals surface area contributed by atoms with Crippen LogP contribution in [0.1, 0.15) is 0 Å². The van der Waals surface area contributed by atoms with Gasteiger partial charge in [-0.2, -0.15) is 0 Å². The van der Waals surface area contributed by atoms with Gasteiger partial charge in [-0.25, -0.2) is 0 Å². The summed E-state index contributed by atoms with van der Waals surface area (Å²) in [5, 5.41) is 3.83. The number of carbonyl (C=O) groups excluding carboxylic acids is 1. The highest BCUT2D eigenvalue weighted by Crippen LogP contribution is 2.08. The molecule has 0 saturated heterocycles. The average molecular weight is 276 g/mol. The zero-order valence-corrected chi connectivity index (χ0v) is 11.6. The molecule has 0 aliphatic heterocycles. The van der Waals surface area contributed by atoms with E-state index >= 15 is 0 Å². The van der Waals surface area contributed by atoms with Gasteiger partial charge in [0.25, 0.3) is 0 Å². The molecule has 0 radical (unpaired) electrons. The fourth-order valence-electron chi connectivity index (χ4n) is 1.73. The van der Waals surface area contributed by atoms with E-state index in [1.165, 1.54) is 11.5 Å². The number of amides is 1. The van der Waals surface area contributed by atoms with Crippen molar-refractivity contribution in [2.45, 2.75) is 0 Å². The SMILES string of the molecule is C=CC(=O)Nc1ccccc1.c1ccc2ncccc2c1. The quantitative estimate of drug-likeness (QED) is 0.717. The minimum Gasteiger partial charge on any atom is -0.323 e. The van der Waals surface area contributed by atoms with E-state index in [-0.39, 0.29) is 5.91 Å². The first-order chi connectivity index (χ1) is 10.3. The Morgan fingerprint density at radius 3 is 2.33 bits per heavy atom. The first-order valence-corrected chi connectivity index (χ1v) is 6.58. The number of benzene rings is 2. The molecule has 104 valence electrons. The minimum absolute atomic E-state index is 0.184. The van der Waals surface area contributed by atoms with Crippen LogP contribution in [0.3, 0.4) is 0 Å². The lowest BCUT2D eigenvalue weighted by atomic mass is 10.2. The number of carbonyl (C=O) groups is 1. The minimum atomic E-state index is -0.184. The standard InChI is InChI=1S/C9H9NO.C9H7N/c1-2-9(11)10-8-6-4-3-5-7-8;1-2-6-9-8(4-1)5-3-7-10-9/h2-7H,1H2,(H,10,11);1-7H. The van der Waals surface area contributed by atoms with Crippen molar-refractivity contribution in [1.29, 1.82) is 0 Å². The third kappa shape index (κ3) is 4.58. The summed E-state index contributed by atoms with van der Waals surface area (Å²) in [5.41, 5.74) is 1.85. The molecule has 0 fully saturated rings. The van der Waals surface area contributed by atoms with Crippen molar-refractivity contribution in [1.82, 2.24) is 4.98 Å². The maximum atomic E-state index is 10.8. The van der Waals surface area contributed by atoms with Crippen LogP contribution in [0.4, 0.5) is 5.69 Å². The lowest BCUT2D eigenvalue weighted by molar-refractivity contribution is -0.111. The molecule has 1 N–H and O–H groups in total. The van der Waals surface area contributed by atoms with Crippen LogP contribution < -0.4 is 5.32 Å². The number of pyridine rings is 1. The van der Waals surface area contributed by atoms with Crippen molar-refractivity contribution in [2.24, 2.45) is 0 Å². The van der Waals surface area contributed by atoms with E-state index in [2.05, 4.69) is 29.0 Å². The summed E-state index contributed by atoms with van der Waals surface area (Å²) in [5.74, 6) is -0.184. The fourth-order valence-corrected chi connectivity index (χ4v) is 1.73. The second-order valence-corrected chi connectivity index (χ2v) is 4.26. The van der Waals surface area contributed by atoms with Gasteiger partial charge in [0.05, 0.1) is 5.52 Å². The van der Waals surface area contributed by atoms with E-state index in [9.17, 15) is 4.79 Å². The summed E-state index contributed by atoms with van der Waals surface area (Å²) in [6, 6.07) is 21.3. The van der Waals surface area contributed by atoms with Crippen LogP contribution in [0.2, 0.25) is 0 Å². The Hall–Kier alpha value is -2.94. The summed E-state index contributed by atoms with van der Waals surface area (Å²) in [4.78, 5) is 14.9. The number of nitrogens with one attached hydrogen (secondary N) is 1. The lowest BCUT2D eigenvalue weighted by Crippen LogP contribution is -2.06. The summed E-state index contributed by atoms with van der Waals surface area (Å²) in [6.45, 7) is 3.34. The lowest BCUT2D eigenvalue weighted by Gasteiger charge is -1.98. The summed E-state index contributed by atoms with van der Waals surface area (Å²) in [7, 11) is 0. The van der Waals surface area contributed by atoms with E-state index in [4.69, 9.17) is 0 Å². The van der Waals surface area contributed by atoms with Crippen LogP contribution >= 0.6 is 0 Å². The van der Waals surface area contributed by atoms with E-state index in [1.54, 1.807) is 0 Å². The third-order valence-electron chi connectivity index (χ3n) is 2.74. The Morgan fingerprint density at radius 2 is 1.62 bits per heavy atom. The normalized spacial score (nSPS) is 9.33. The highest BCUT2D eigenvalue weighted by atomic mass is 16.1. The molecule has 21 heavy (non-hydrogen) atoms. The van der Waals surface area contributed by atoms with Gasteiger partial charge in [-0.15, -0.1) is 0 Å². The third-order valence-corrected chi connectivity index (χ3v) is 2.74. The summed E-state index contributed by atoms with van der Waals surface area (Å²) >= 11 is 0. The Bertz CT molecular complexity index is 658. The van der Waals surface area contributed by atoms with Crippen molar-refractivity contribution in [3.8, 4) is 0 Å². The van der Waals surface area contributed by atoms with Gasteiger partial charge in [0, 0.05) is 17.3 Å². The highest BCUT2D eigenvalue weighted by molar-refractivity contribution is 5.98. The summed E-state index contributed by atoms with van der Waals surface area (Å²) in [6.07, 6.45) is 3.05. The molecule has 1 amide bonds. The van der Waals surface area contributed by atoms with Crippen molar-refractivity contribution < 1.29 is 4.79 Å². The number of anilines is 1. The van der Waals surface area contributed by atoms with Crippen LogP contribution in [0, 0.1) is 0 Å². The van der Waals surface area contributed by atoms with E-state index in [1.807, 2.05) is 60.8 Å². The van der Waals surface area contributed by atoms with Crippen LogP contribution in [-0.2, 0) is 4.79 Å². The Balaban J connectivity index is 0.000000154. The van der Waals surface area contributed by atoms with Crippen LogP contribution in [0.15, 0.2) is 85.6 Å². The van der Waals surface area contributed by atoms with Gasteiger partial charge >= 0.3 is 0 Å². The van der Waals surface area contributed by atoms with Crippen LogP contribution in [-0.4, -0.2) is 10.9 Å². The second-order valence-electron chi connectivity index (χ2n) is 4.26. The van der Waals surface area contributed by atoms with Gasteiger partial charge in [-0.05, 0) is 30.3 Å². The Kier molecular flexibility index (Phi) is 5.24. The zero-order chi connectivity index (χ0) is 14.9. The number of fused-ring (bicyclic) bond motifs is 1. The molecular weight excluding hydrogens is 260 g/mol. The molecule has 3 nitrogen and oxygen atoms in total. The predicted molar refractivity (Wildman–Crippen MR) is 87.0 cm³/mol. The van der Waals surface area contributed by atoms with Gasteiger partial charge < -0.3 is 5.32 Å². The number of hydrogen-bond acceptors (Lipinski definition) is 2. The Morgan fingerprint density at radius 1 is 0.952 bits per heavy atom. The predicted octanol–water partition coefficient (Wildman–Crippen LogP) is 4.05. The van der Waals surface area contributed by atoms with Gasteiger partial charge in [-0.1, -0.05) is 49.0 Å². The zero-order valence-electron chi connectivity index (χ0n) is 11.6. The number of rotatable bonds is 2. The topological polar surface area (TPSA) is 42.0 Å². The van der Waals surface area contributed by atoms with Gasteiger partial charge in [0.2, 0.25) is 5.91 Å². The van der Waals surface area contributed by atoms with E-state index in [0.717, 1.165) is 11.2 Å². The van der Waals surface area contributed by atoms with Crippen molar-refractivity contribution in [2.75, 3.05) is 5.32 Å². The average Bonchev–Trinajstić information content (AvgIpc) is 2.56. The number of para-hydroxylation sites is 2. The molecule has 1 aromatic heterocycles. The molecule has 0 bridgehead atoms. The Labute approximate surface area is 124 Å². The van der Waals surface area contributed by atoms with Crippen molar-refractivity contribution >= 4 is 22.5 Å². The summed E-state index contributed by atoms with van der Waals surface area (Å²) < 4.78 is 0. The first kappa shape index (κ1) is 14.5. The van der Waals surface area contributed by atoms with Crippen molar-refractivity contribution in [3.63, 3.8) is 0 Å². The molecule has 0 unspecified atom stereocenters. The monoisotopic (exact) mass is 276 g/mol. The number of hydrogen-bond donors (Lipinski definition) is 1. The van der Waals surface area contributed by atoms with E-state index in [0.29, 0.717) is 0 Å². The van der Waals surface area contributed by atoms with Crippen LogP contribution in [0.5, 0.6) is 0 Å². The van der Waals surface area contributed by atoms with Crippen molar-refractivity contribution in [3.05, 3.63) is 85.6 Å². The molecular formula is C18H16N2O. The molecule has 2 aromatic carbocycles. The maximum absolute atomic E-state index is 10.8. The van der Waals surface area contributed by atoms with Gasteiger partial charge in [0.1, 0.15) is 0 Å². The maximum Gasteiger partial charge on any atom is 0.247 e. The molecule has 0 aliphatic carbocycles. The fraction of sp³-hybridized carbons (Fsp3) is 0. The molecule has 0 atom stereocenters. The van der Waals surface area contributed by atoms with Gasteiger partial charge in [0.15, 0.2) is 0 Å². The molecule has 0 saturated carbocycles. The first-order valence-electron chi connectivity index (χ1n) is 6.58. The smallest absolute Gasteiger partial charge is 0.247 e. The second kappa shape index (κ2) is 7.60. The molecule has 3 aromatic rings. The number of nitrogens with zero attached hydrogens (tertiary/aromatic N) is 1. The highest BCUT2D eigenvalue weighted by Gasteiger charge is 1.92. The number of aromatic nitrogens is 1. The molecule has 1 heterocycles. The molecule has 3 heteroatoms. The van der Waals surface area contributed by atoms with Crippen LogP contribution in [0.25, 0.3) is 10.9 Å². The molecule has 0 aliphatic rings. The van der Waals surface area contributed by atoms with E-state index < -0.39 is 0 Å². The molecule has 0 spiro atoms. The largest absolute Gasteiger partial charge is 0.323 e.